The van der Waals surface area contributed by atoms with Crippen LogP contribution in [0.4, 0.5) is 11.4 Å². The van der Waals surface area contributed by atoms with Crippen molar-refractivity contribution in [3.63, 3.8) is 0 Å². The molecular formula is C21H22ClN5O6S2. The molecule has 0 saturated carbocycles. The molecule has 1 aromatic heterocycles. The number of aryl methyl sites for hydroxylation is 1. The molecule has 1 fully saturated rings. The minimum atomic E-state index is -4.05. The quantitative estimate of drug-likeness (QED) is 0.469. The Morgan fingerprint density at radius 3 is 2.37 bits per heavy atom. The number of imidazole rings is 1. The van der Waals surface area contributed by atoms with Gasteiger partial charge in [-0.25, -0.2) is 13.4 Å². The molecular weight excluding hydrogens is 518 g/mol. The Balaban J connectivity index is 1.53. The summed E-state index contributed by atoms with van der Waals surface area (Å²) in [6.07, 6.45) is 2.66. The van der Waals surface area contributed by atoms with Crippen molar-refractivity contribution < 1.29 is 26.4 Å². The molecule has 2 N–H and O–H groups in total. The van der Waals surface area contributed by atoms with Gasteiger partial charge in [0, 0.05) is 37.0 Å². The van der Waals surface area contributed by atoms with Crippen molar-refractivity contribution in [2.75, 3.05) is 36.3 Å². The van der Waals surface area contributed by atoms with Crippen LogP contribution in [-0.4, -0.2) is 62.9 Å². The van der Waals surface area contributed by atoms with Gasteiger partial charge in [-0.15, -0.1) is 0 Å². The number of benzene rings is 2. The first kappa shape index (κ1) is 25.1. The van der Waals surface area contributed by atoms with E-state index in [1.165, 1.54) is 63.9 Å². The van der Waals surface area contributed by atoms with Crippen molar-refractivity contribution in [3.8, 4) is 0 Å². The number of halogens is 1. The number of rotatable bonds is 7. The second-order valence-corrected chi connectivity index (χ2v) is 11.7. The molecule has 1 saturated heterocycles. The maximum Gasteiger partial charge on any atom is 0.280 e. The number of carbonyl (C=O) groups excluding carboxylic acids is 1. The highest BCUT2D eigenvalue weighted by atomic mass is 35.5. The van der Waals surface area contributed by atoms with Crippen molar-refractivity contribution in [2.45, 2.75) is 9.92 Å². The van der Waals surface area contributed by atoms with Crippen LogP contribution in [0.15, 0.2) is 64.9 Å². The lowest BCUT2D eigenvalue weighted by molar-refractivity contribution is 0.0730. The summed E-state index contributed by atoms with van der Waals surface area (Å²) in [6.45, 7) is 1.21. The van der Waals surface area contributed by atoms with Gasteiger partial charge in [-0.3, -0.25) is 9.52 Å². The number of nitrogens with one attached hydrogen (secondary N) is 2. The fourth-order valence-electron chi connectivity index (χ4n) is 3.36. The van der Waals surface area contributed by atoms with E-state index >= 15 is 0 Å². The van der Waals surface area contributed by atoms with Gasteiger partial charge in [0.25, 0.3) is 15.9 Å². The summed E-state index contributed by atoms with van der Waals surface area (Å²) >= 11 is 6.05. The Kier molecular flexibility index (Phi) is 7.15. The zero-order chi connectivity index (χ0) is 25.2. The highest BCUT2D eigenvalue weighted by molar-refractivity contribution is 7.92. The second-order valence-electron chi connectivity index (χ2n) is 7.67. The molecule has 1 aliphatic rings. The topological polar surface area (TPSA) is 140 Å². The smallest absolute Gasteiger partial charge is 0.280 e. The summed E-state index contributed by atoms with van der Waals surface area (Å²) < 4.78 is 61.3. The minimum Gasteiger partial charge on any atom is -0.379 e. The van der Waals surface area contributed by atoms with Gasteiger partial charge in [0.1, 0.15) is 0 Å². The number of amides is 1. The van der Waals surface area contributed by atoms with Crippen LogP contribution in [0.1, 0.15) is 10.4 Å². The van der Waals surface area contributed by atoms with Crippen molar-refractivity contribution in [2.24, 2.45) is 7.05 Å². The summed E-state index contributed by atoms with van der Waals surface area (Å²) in [7, 11) is -6.10. The number of carbonyl (C=O) groups is 1. The molecule has 0 radical (unpaired) electrons. The summed E-state index contributed by atoms with van der Waals surface area (Å²) in [4.78, 5) is 16.9. The van der Waals surface area contributed by atoms with Gasteiger partial charge in [0.05, 0.1) is 35.7 Å². The van der Waals surface area contributed by atoms with Crippen LogP contribution >= 0.6 is 11.6 Å². The second kappa shape index (κ2) is 9.95. The number of hydrogen-bond acceptors (Lipinski definition) is 7. The average Bonchev–Trinajstić information content (AvgIpc) is 3.28. The van der Waals surface area contributed by atoms with E-state index in [0.29, 0.717) is 18.9 Å². The third-order valence-corrected chi connectivity index (χ3v) is 8.55. The van der Waals surface area contributed by atoms with Gasteiger partial charge in [0.15, 0.2) is 5.03 Å². The molecule has 1 amide bonds. The SMILES string of the molecule is Cn1cnc(S(=O)(=O)Nc2ccc(Cl)cc2C(=O)Nc2ccc(S(=O)(=O)N3CCOCC3)cc2)c1. The lowest BCUT2D eigenvalue weighted by atomic mass is 10.1. The minimum absolute atomic E-state index is 0.00377. The normalized spacial score (nSPS) is 15.0. The maximum absolute atomic E-state index is 13.0. The molecule has 11 nitrogen and oxygen atoms in total. The third kappa shape index (κ3) is 5.65. The summed E-state index contributed by atoms with van der Waals surface area (Å²) in [5.41, 5.74) is 0.292. The first-order chi connectivity index (χ1) is 16.6. The van der Waals surface area contributed by atoms with E-state index < -0.39 is 26.0 Å². The molecule has 4 rings (SSSR count). The molecule has 0 atom stereocenters. The van der Waals surface area contributed by atoms with Gasteiger partial charge >= 0.3 is 0 Å². The third-order valence-electron chi connectivity index (χ3n) is 5.15. The largest absolute Gasteiger partial charge is 0.379 e. The van der Waals surface area contributed by atoms with Gasteiger partial charge in [-0.2, -0.15) is 12.7 Å². The molecule has 35 heavy (non-hydrogen) atoms. The Morgan fingerprint density at radius 1 is 1.06 bits per heavy atom. The number of aromatic nitrogens is 2. The van der Waals surface area contributed by atoms with Crippen LogP contribution in [0, 0.1) is 0 Å². The number of anilines is 2. The maximum atomic E-state index is 13.0. The molecule has 2 heterocycles. The van der Waals surface area contributed by atoms with Crippen LogP contribution in [0.3, 0.4) is 0 Å². The summed E-state index contributed by atoms with van der Waals surface area (Å²) in [5.74, 6) is -0.644. The van der Waals surface area contributed by atoms with Crippen molar-refractivity contribution >= 4 is 48.9 Å². The first-order valence-corrected chi connectivity index (χ1v) is 13.7. The fourth-order valence-corrected chi connectivity index (χ4v) is 6.01. The van der Waals surface area contributed by atoms with E-state index in [0.717, 1.165) is 0 Å². The predicted molar refractivity (Wildman–Crippen MR) is 129 cm³/mol. The van der Waals surface area contributed by atoms with Gasteiger partial charge in [0.2, 0.25) is 10.0 Å². The molecule has 186 valence electrons. The summed E-state index contributed by atoms with van der Waals surface area (Å²) in [5, 5.41) is 2.65. The predicted octanol–water partition coefficient (Wildman–Crippen LogP) is 2.15. The fraction of sp³-hybridized carbons (Fsp3) is 0.238. The van der Waals surface area contributed by atoms with Crippen LogP contribution in [0.2, 0.25) is 5.02 Å². The van der Waals surface area contributed by atoms with E-state index in [4.69, 9.17) is 16.3 Å². The Labute approximate surface area is 207 Å². The van der Waals surface area contributed by atoms with Crippen LogP contribution in [0.25, 0.3) is 0 Å². The molecule has 0 bridgehead atoms. The lowest BCUT2D eigenvalue weighted by Gasteiger charge is -2.26. The monoisotopic (exact) mass is 539 g/mol. The van der Waals surface area contributed by atoms with Crippen LogP contribution < -0.4 is 10.0 Å². The molecule has 0 spiro atoms. The Morgan fingerprint density at radius 2 is 1.74 bits per heavy atom. The van der Waals surface area contributed by atoms with Gasteiger partial charge in [-0.05, 0) is 42.5 Å². The van der Waals surface area contributed by atoms with Crippen molar-refractivity contribution in [1.82, 2.24) is 13.9 Å². The Hall–Kier alpha value is -2.97. The molecule has 3 aromatic rings. The number of hydrogen-bond donors (Lipinski definition) is 2. The zero-order valence-corrected chi connectivity index (χ0v) is 20.9. The Bertz CT molecular complexity index is 1450. The van der Waals surface area contributed by atoms with E-state index in [1.54, 1.807) is 7.05 Å². The number of nitrogens with zero attached hydrogens (tertiary/aromatic N) is 3. The number of ether oxygens (including phenoxy) is 1. The zero-order valence-electron chi connectivity index (χ0n) is 18.5. The standard InChI is InChI=1S/C21H22ClN5O6S2/c1-26-13-20(23-14-26)34(29,30)25-19-7-2-15(22)12-18(19)21(28)24-16-3-5-17(6-4-16)35(31,32)27-8-10-33-11-9-27/h2-7,12-14,25H,8-11H2,1H3,(H,24,28). The molecule has 14 heteroatoms. The summed E-state index contributed by atoms with van der Waals surface area (Å²) in [6, 6.07) is 9.83. The van der Waals surface area contributed by atoms with Crippen molar-refractivity contribution in [1.29, 1.82) is 0 Å². The van der Waals surface area contributed by atoms with Crippen LogP contribution in [-0.2, 0) is 31.8 Å². The average molecular weight is 540 g/mol. The van der Waals surface area contributed by atoms with Crippen molar-refractivity contribution in [3.05, 3.63) is 65.6 Å². The van der Waals surface area contributed by atoms with E-state index in [2.05, 4.69) is 15.0 Å². The first-order valence-electron chi connectivity index (χ1n) is 10.4. The highest BCUT2D eigenvalue weighted by Crippen LogP contribution is 2.25. The number of sulfonamides is 2. The van der Waals surface area contributed by atoms with E-state index in [9.17, 15) is 21.6 Å². The highest BCUT2D eigenvalue weighted by Gasteiger charge is 2.26. The van der Waals surface area contributed by atoms with E-state index in [1.807, 2.05) is 0 Å². The molecule has 2 aromatic carbocycles. The molecule has 0 unspecified atom stereocenters. The van der Waals surface area contributed by atoms with E-state index in [-0.39, 0.29) is 39.3 Å². The van der Waals surface area contributed by atoms with Gasteiger partial charge in [-0.1, -0.05) is 11.6 Å². The lowest BCUT2D eigenvalue weighted by Crippen LogP contribution is -2.40. The number of morpholine rings is 1. The molecule has 0 aliphatic carbocycles. The van der Waals surface area contributed by atoms with Gasteiger partial charge < -0.3 is 14.6 Å². The van der Waals surface area contributed by atoms with Crippen LogP contribution in [0.5, 0.6) is 0 Å². The molecule has 1 aliphatic heterocycles.